The Hall–Kier alpha value is -8.60. The molecule has 0 aliphatic rings. The number of carbonyl (C=O) groups excluding carboxylic acids is 11. The normalized spacial score (nSPS) is 11.2. The van der Waals surface area contributed by atoms with E-state index in [4.69, 9.17) is 86.9 Å². The van der Waals surface area contributed by atoms with Gasteiger partial charge in [-0.1, -0.05) is 34.8 Å². The predicted octanol–water partition coefficient (Wildman–Crippen LogP) is 4.82. The number of hydrogen-bond acceptors (Lipinski definition) is 23. The first kappa shape index (κ1) is 76.1. The first-order valence-corrected chi connectivity index (χ1v) is 30.5. The lowest BCUT2D eigenvalue weighted by Crippen LogP contribution is -2.19. The second-order valence-corrected chi connectivity index (χ2v) is 23.8. The lowest BCUT2D eigenvalue weighted by atomic mass is 9.93. The molecule has 0 aliphatic heterocycles. The molecule has 0 bridgehead atoms. The van der Waals surface area contributed by atoms with E-state index in [1.165, 1.54) is 64.0 Å². The fraction of sp³-hybridized carbons (Fsp3) is 0.508. The zero-order chi connectivity index (χ0) is 69.6. The molecule has 5 aromatic rings. The molecule has 0 amide bonds. The number of esters is 11. The minimum absolute atomic E-state index is 0.0155. The Balaban J connectivity index is 1.86. The number of H-pyrrole nitrogens is 5. The summed E-state index contributed by atoms with van der Waals surface area (Å²) in [6, 6.07) is 0. The maximum atomic E-state index is 13.9. The second kappa shape index (κ2) is 36.2. The fourth-order valence-electron chi connectivity index (χ4n) is 11.1. The van der Waals surface area contributed by atoms with Crippen molar-refractivity contribution in [1.29, 1.82) is 0 Å². The molecular formula is C63H78Cl3N5O23. The van der Waals surface area contributed by atoms with Crippen molar-refractivity contribution in [3.05, 3.63) is 113 Å². The highest BCUT2D eigenvalue weighted by Gasteiger charge is 2.33. The molecule has 0 aromatic carbocycles. The van der Waals surface area contributed by atoms with E-state index in [1.54, 1.807) is 0 Å². The van der Waals surface area contributed by atoms with Crippen LogP contribution in [0.5, 0.6) is 0 Å². The van der Waals surface area contributed by atoms with Crippen LogP contribution in [0.2, 0.25) is 0 Å². The molecule has 28 nitrogen and oxygen atoms in total. The number of rotatable bonds is 36. The molecule has 5 aromatic heterocycles. The summed E-state index contributed by atoms with van der Waals surface area (Å²) < 4.78 is 54.1. The van der Waals surface area contributed by atoms with E-state index < -0.39 is 95.5 Å². The third-order valence-corrected chi connectivity index (χ3v) is 16.1. The van der Waals surface area contributed by atoms with Gasteiger partial charge in [0.1, 0.15) is 12.3 Å². The van der Waals surface area contributed by atoms with Gasteiger partial charge in [-0.15, -0.1) is 0 Å². The molecular weight excluding hydrogens is 1300 g/mol. The van der Waals surface area contributed by atoms with Gasteiger partial charge >= 0.3 is 65.7 Å². The minimum Gasteiger partial charge on any atom is -0.469 e. The van der Waals surface area contributed by atoms with Crippen molar-refractivity contribution in [2.75, 3.05) is 77.7 Å². The molecule has 0 radical (unpaired) electrons. The van der Waals surface area contributed by atoms with E-state index >= 15 is 0 Å². The standard InChI is InChI=1S/C63H78Cl3N5O23/c1-84-51(73)16-11-32-37(21-56(78)89-6)46(26-43-33(12-17-52(74)85-2)38(22-57(79)90-7)48(68-43)28-45-35(14-19-54(76)87-4)40(24-59(81)92-9)50(30-72)70-45)67-42(32)27-47-39(23-58(80)91-8)34(13-18-53(75)86-3)44(69-47)29-49-41(25-60(82)93-10)36(15-20-55(77)88-5)61(71-49)62(83)94-31-63(64,65)66/h67-72H,11-31H2,1-10H3. The number of hydrogen-bond donors (Lipinski definition) is 6. The Bertz CT molecular complexity index is 3580. The van der Waals surface area contributed by atoms with Gasteiger partial charge < -0.3 is 82.1 Å². The number of aromatic nitrogens is 5. The molecule has 514 valence electrons. The Morgan fingerprint density at radius 3 is 0.766 bits per heavy atom. The van der Waals surface area contributed by atoms with E-state index in [0.29, 0.717) is 84.4 Å². The summed E-state index contributed by atoms with van der Waals surface area (Å²) in [6.45, 7) is -1.24. The topological polar surface area (TPSA) is 388 Å². The smallest absolute Gasteiger partial charge is 0.355 e. The second-order valence-electron chi connectivity index (χ2n) is 21.3. The van der Waals surface area contributed by atoms with Crippen molar-refractivity contribution in [2.24, 2.45) is 0 Å². The molecule has 0 spiro atoms. The lowest BCUT2D eigenvalue weighted by molar-refractivity contribution is -0.141. The van der Waals surface area contributed by atoms with Crippen molar-refractivity contribution in [2.45, 2.75) is 132 Å². The molecule has 31 heteroatoms. The summed E-state index contributed by atoms with van der Waals surface area (Å²) in [5.74, 6) is -7.53. The van der Waals surface area contributed by atoms with E-state index in [0.717, 1.165) is 7.11 Å². The largest absolute Gasteiger partial charge is 0.469 e. The highest BCUT2D eigenvalue weighted by molar-refractivity contribution is 6.67. The van der Waals surface area contributed by atoms with Crippen LogP contribution in [0.25, 0.3) is 0 Å². The van der Waals surface area contributed by atoms with Crippen LogP contribution >= 0.6 is 34.8 Å². The van der Waals surface area contributed by atoms with Gasteiger partial charge in [-0.25, -0.2) is 4.79 Å². The average molecular weight is 1380 g/mol. The van der Waals surface area contributed by atoms with Gasteiger partial charge in [-0.3, -0.25) is 47.9 Å². The quantitative estimate of drug-likeness (QED) is 0.0178. The van der Waals surface area contributed by atoms with Crippen molar-refractivity contribution in [3.63, 3.8) is 0 Å². The van der Waals surface area contributed by atoms with Crippen LogP contribution in [0.4, 0.5) is 0 Å². The summed E-state index contributed by atoms with van der Waals surface area (Å²) in [7, 11) is 12.0. The number of aromatic amines is 5. The molecule has 6 N–H and O–H groups in total. The summed E-state index contributed by atoms with van der Waals surface area (Å²) in [5.41, 5.74) is 6.66. The number of carbonyl (C=O) groups is 11. The van der Waals surface area contributed by atoms with Gasteiger partial charge in [0, 0.05) is 109 Å². The molecule has 0 aliphatic carbocycles. The average Bonchev–Trinajstić information content (AvgIpc) is 1.63. The summed E-state index contributed by atoms with van der Waals surface area (Å²) in [6.07, 6.45) is -3.58. The zero-order valence-electron chi connectivity index (χ0n) is 53.9. The van der Waals surface area contributed by atoms with E-state index in [2.05, 4.69) is 24.9 Å². The van der Waals surface area contributed by atoms with E-state index in [-0.39, 0.29) is 137 Å². The third kappa shape index (κ3) is 21.0. The molecule has 0 saturated heterocycles. The lowest BCUT2D eigenvalue weighted by Gasteiger charge is -2.12. The van der Waals surface area contributed by atoms with Gasteiger partial charge in [0.05, 0.1) is 110 Å². The van der Waals surface area contributed by atoms with Gasteiger partial charge in [0.2, 0.25) is 3.79 Å². The highest BCUT2D eigenvalue weighted by Crippen LogP contribution is 2.36. The van der Waals surface area contributed by atoms with E-state index in [9.17, 15) is 57.8 Å². The fourth-order valence-corrected chi connectivity index (χ4v) is 11.3. The Kier molecular flexibility index (Phi) is 29.3. The van der Waals surface area contributed by atoms with Crippen molar-refractivity contribution >= 4 is 100 Å². The number of aliphatic hydroxyl groups is 1. The van der Waals surface area contributed by atoms with Crippen LogP contribution in [0.15, 0.2) is 0 Å². The first-order chi connectivity index (χ1) is 44.7. The zero-order valence-corrected chi connectivity index (χ0v) is 56.2. The Morgan fingerprint density at radius 2 is 0.521 bits per heavy atom. The van der Waals surface area contributed by atoms with Crippen molar-refractivity contribution < 1.29 is 110 Å². The number of methoxy groups -OCH3 is 10. The molecule has 0 atom stereocenters. The highest BCUT2D eigenvalue weighted by atomic mass is 35.6. The SMILES string of the molecule is COC(=O)CCc1c(Cc2[nH]c(Cc3[nH]c(Cc4[nH]c(Cc5[nH]c(C(=O)OCC(Cl)(Cl)Cl)c(CCC(=O)OC)c5CC(=O)OC)c(CCC(=O)OC)c4CC(=O)OC)c(CCC(=O)OC)c3CC(=O)OC)c(CCC(=O)OC)c2CC(=O)OC)[nH]c(CO)c1CC(=O)OC. The van der Waals surface area contributed by atoms with Gasteiger partial charge in [0.15, 0.2) is 0 Å². The summed E-state index contributed by atoms with van der Waals surface area (Å²) in [4.78, 5) is 162. The van der Waals surface area contributed by atoms with Gasteiger partial charge in [-0.2, -0.15) is 0 Å². The Labute approximate surface area is 555 Å². The van der Waals surface area contributed by atoms with E-state index in [1.807, 2.05) is 0 Å². The van der Waals surface area contributed by atoms with Crippen molar-refractivity contribution in [1.82, 2.24) is 24.9 Å². The molecule has 0 fully saturated rings. The molecule has 5 rings (SSSR count). The van der Waals surface area contributed by atoms with Crippen LogP contribution in [0.3, 0.4) is 0 Å². The molecule has 94 heavy (non-hydrogen) atoms. The monoisotopic (exact) mass is 1380 g/mol. The molecule has 5 heterocycles. The Morgan fingerprint density at radius 1 is 0.309 bits per heavy atom. The number of halogens is 3. The van der Waals surface area contributed by atoms with Crippen LogP contribution < -0.4 is 0 Å². The maximum absolute atomic E-state index is 13.9. The van der Waals surface area contributed by atoms with Crippen molar-refractivity contribution in [3.8, 4) is 0 Å². The maximum Gasteiger partial charge on any atom is 0.355 e. The number of aliphatic hydroxyl groups excluding tert-OH is 1. The van der Waals surface area contributed by atoms with Gasteiger partial charge in [0.25, 0.3) is 0 Å². The third-order valence-electron chi connectivity index (χ3n) is 15.8. The van der Waals surface area contributed by atoms with Crippen LogP contribution in [-0.2, 0) is 197 Å². The summed E-state index contributed by atoms with van der Waals surface area (Å²) >= 11 is 17.9. The van der Waals surface area contributed by atoms with Gasteiger partial charge in [-0.05, 0) is 87.7 Å². The predicted molar refractivity (Wildman–Crippen MR) is 332 cm³/mol. The molecule has 0 unspecified atom stereocenters. The summed E-state index contributed by atoms with van der Waals surface area (Å²) in [5, 5.41) is 10.6. The molecule has 0 saturated carbocycles. The minimum atomic E-state index is -2.04. The number of ether oxygens (including phenoxy) is 11. The van der Waals surface area contributed by atoms with Crippen LogP contribution in [-0.4, -0.2) is 177 Å². The van der Waals surface area contributed by atoms with Crippen LogP contribution in [0.1, 0.15) is 149 Å². The number of alkyl halides is 3. The van der Waals surface area contributed by atoms with Crippen LogP contribution in [0, 0.1) is 0 Å². The first-order valence-electron chi connectivity index (χ1n) is 29.4. The number of nitrogens with one attached hydrogen (secondary N) is 5.